The Morgan fingerprint density at radius 3 is 2.39 bits per heavy atom. The number of thiophene rings is 1. The number of hydrogen-bond donors (Lipinski definition) is 0. The average molecular weight is 254 g/mol. The Morgan fingerprint density at radius 1 is 1.00 bits per heavy atom. The largest absolute Gasteiger partial charge is 0.363 e. The molecule has 1 saturated heterocycles. The molecule has 3 heteroatoms. The van der Waals surface area contributed by atoms with Gasteiger partial charge in [-0.25, -0.2) is 0 Å². The first-order valence-corrected chi connectivity index (χ1v) is 7.04. The van der Waals surface area contributed by atoms with Crippen LogP contribution in [0.3, 0.4) is 0 Å². The zero-order chi connectivity index (χ0) is 12.4. The predicted octanol–water partition coefficient (Wildman–Crippen LogP) is 3.89. The van der Waals surface area contributed by atoms with Gasteiger partial charge in [0.2, 0.25) is 0 Å². The van der Waals surface area contributed by atoms with Crippen molar-refractivity contribution in [3.8, 4) is 16.5 Å². The monoisotopic (exact) mass is 254 g/mol. The highest BCUT2D eigenvalue weighted by atomic mass is 32.1. The van der Waals surface area contributed by atoms with E-state index in [9.17, 15) is 0 Å². The van der Waals surface area contributed by atoms with Crippen LogP contribution in [0.25, 0.3) is 10.4 Å². The van der Waals surface area contributed by atoms with Gasteiger partial charge in [-0.2, -0.15) is 5.26 Å². The van der Waals surface area contributed by atoms with E-state index >= 15 is 0 Å². The number of benzene rings is 1. The molecule has 1 fully saturated rings. The molecule has 3 rings (SSSR count). The summed E-state index contributed by atoms with van der Waals surface area (Å²) in [5.74, 6) is 0. The number of hydrogen-bond acceptors (Lipinski definition) is 3. The van der Waals surface area contributed by atoms with Crippen LogP contribution < -0.4 is 4.90 Å². The molecule has 90 valence electrons. The maximum atomic E-state index is 8.79. The van der Waals surface area contributed by atoms with Gasteiger partial charge in [0.05, 0.1) is 16.6 Å². The van der Waals surface area contributed by atoms with Crippen molar-refractivity contribution in [2.24, 2.45) is 0 Å². The minimum atomic E-state index is 0.718. The van der Waals surface area contributed by atoms with Crippen molar-refractivity contribution in [2.45, 2.75) is 12.8 Å². The smallest absolute Gasteiger partial charge is 0.0991 e. The Labute approximate surface area is 111 Å². The van der Waals surface area contributed by atoms with Gasteiger partial charge in [0, 0.05) is 18.0 Å². The predicted molar refractivity (Wildman–Crippen MR) is 75.9 cm³/mol. The molecule has 0 atom stereocenters. The zero-order valence-corrected chi connectivity index (χ0v) is 10.9. The topological polar surface area (TPSA) is 27.0 Å². The lowest BCUT2D eigenvalue weighted by atomic mass is 10.1. The summed E-state index contributed by atoms with van der Waals surface area (Å²) in [5, 5.41) is 10.2. The van der Waals surface area contributed by atoms with E-state index in [4.69, 9.17) is 5.26 Å². The lowest BCUT2D eigenvalue weighted by molar-refractivity contribution is 0.949. The van der Waals surface area contributed by atoms with Crippen molar-refractivity contribution in [3.63, 3.8) is 0 Å². The lowest BCUT2D eigenvalue weighted by Crippen LogP contribution is -2.15. The summed E-state index contributed by atoms with van der Waals surface area (Å²) in [5.41, 5.74) is 1.92. The maximum absolute atomic E-state index is 8.79. The molecule has 0 amide bonds. The van der Waals surface area contributed by atoms with E-state index in [1.807, 2.05) is 35.6 Å². The van der Waals surface area contributed by atoms with E-state index < -0.39 is 0 Å². The van der Waals surface area contributed by atoms with Crippen molar-refractivity contribution >= 4 is 16.3 Å². The third-order valence-electron chi connectivity index (χ3n) is 3.31. The molecule has 2 nitrogen and oxygen atoms in total. The second-order valence-electron chi connectivity index (χ2n) is 4.52. The normalized spacial score (nSPS) is 14.7. The summed E-state index contributed by atoms with van der Waals surface area (Å²) in [6.45, 7) is 2.38. The first kappa shape index (κ1) is 11.3. The molecule has 18 heavy (non-hydrogen) atoms. The van der Waals surface area contributed by atoms with Gasteiger partial charge in [0.15, 0.2) is 0 Å². The highest BCUT2D eigenvalue weighted by Gasteiger charge is 2.14. The minimum Gasteiger partial charge on any atom is -0.363 e. The van der Waals surface area contributed by atoms with Gasteiger partial charge in [-0.15, -0.1) is 11.3 Å². The summed E-state index contributed by atoms with van der Waals surface area (Å²) >= 11 is 1.84. The second kappa shape index (κ2) is 4.83. The van der Waals surface area contributed by atoms with Crippen LogP contribution in [0, 0.1) is 11.3 Å². The molecular weight excluding hydrogens is 240 g/mol. The molecule has 1 aliphatic heterocycles. The molecule has 1 aromatic carbocycles. The molecule has 1 aromatic heterocycles. The molecule has 1 aliphatic rings. The van der Waals surface area contributed by atoms with Crippen molar-refractivity contribution in [1.82, 2.24) is 0 Å². The maximum Gasteiger partial charge on any atom is 0.0991 e. The summed E-state index contributed by atoms with van der Waals surface area (Å²) < 4.78 is 0. The van der Waals surface area contributed by atoms with Crippen LogP contribution in [0.15, 0.2) is 36.4 Å². The first-order valence-electron chi connectivity index (χ1n) is 6.22. The Balaban J connectivity index is 1.85. The number of rotatable bonds is 2. The molecule has 2 aromatic rings. The van der Waals surface area contributed by atoms with Gasteiger partial charge in [0.25, 0.3) is 0 Å². The molecule has 0 bridgehead atoms. The van der Waals surface area contributed by atoms with Gasteiger partial charge in [-0.1, -0.05) is 12.1 Å². The molecule has 2 heterocycles. The van der Waals surface area contributed by atoms with E-state index in [1.54, 1.807) is 0 Å². The van der Waals surface area contributed by atoms with Gasteiger partial charge < -0.3 is 4.90 Å². The highest BCUT2D eigenvalue weighted by Crippen LogP contribution is 2.35. The van der Waals surface area contributed by atoms with Crippen LogP contribution in [0.1, 0.15) is 18.4 Å². The van der Waals surface area contributed by atoms with Crippen LogP contribution in [-0.2, 0) is 0 Å². The fourth-order valence-corrected chi connectivity index (χ4v) is 3.36. The fraction of sp³-hybridized carbons (Fsp3) is 0.267. The fourth-order valence-electron chi connectivity index (χ4n) is 2.30. The van der Waals surface area contributed by atoms with Gasteiger partial charge >= 0.3 is 0 Å². The number of anilines is 1. The Hall–Kier alpha value is -1.79. The summed E-state index contributed by atoms with van der Waals surface area (Å²) in [6.07, 6.45) is 2.62. The van der Waals surface area contributed by atoms with E-state index in [0.29, 0.717) is 0 Å². The van der Waals surface area contributed by atoms with Crippen molar-refractivity contribution in [2.75, 3.05) is 18.0 Å². The SMILES string of the molecule is N#Cc1ccc(-c2ccc(N3CCCC3)s2)cc1. The molecule has 0 spiro atoms. The quantitative estimate of drug-likeness (QED) is 0.813. The van der Waals surface area contributed by atoms with E-state index in [-0.39, 0.29) is 0 Å². The number of nitrogens with zero attached hydrogens (tertiary/aromatic N) is 2. The van der Waals surface area contributed by atoms with Crippen molar-refractivity contribution < 1.29 is 0 Å². The summed E-state index contributed by atoms with van der Waals surface area (Å²) in [6, 6.07) is 14.4. The third-order valence-corrected chi connectivity index (χ3v) is 4.50. The van der Waals surface area contributed by atoms with E-state index in [0.717, 1.165) is 5.56 Å². The highest BCUT2D eigenvalue weighted by molar-refractivity contribution is 7.19. The van der Waals surface area contributed by atoms with Crippen LogP contribution in [0.4, 0.5) is 5.00 Å². The van der Waals surface area contributed by atoms with Gasteiger partial charge in [0.1, 0.15) is 0 Å². The zero-order valence-electron chi connectivity index (χ0n) is 10.1. The Kier molecular flexibility index (Phi) is 3.04. The molecular formula is C15H14N2S. The van der Waals surface area contributed by atoms with Crippen LogP contribution in [0.2, 0.25) is 0 Å². The lowest BCUT2D eigenvalue weighted by Gasteiger charge is -2.13. The average Bonchev–Trinajstić information content (AvgIpc) is 3.09. The van der Waals surface area contributed by atoms with Crippen molar-refractivity contribution in [1.29, 1.82) is 5.26 Å². The Morgan fingerprint density at radius 2 is 1.72 bits per heavy atom. The molecule has 0 radical (unpaired) electrons. The van der Waals surface area contributed by atoms with Crippen molar-refractivity contribution in [3.05, 3.63) is 42.0 Å². The second-order valence-corrected chi connectivity index (χ2v) is 5.58. The van der Waals surface area contributed by atoms with E-state index in [2.05, 4.69) is 23.1 Å². The van der Waals surface area contributed by atoms with Gasteiger partial charge in [-0.3, -0.25) is 0 Å². The Bertz CT molecular complexity index is 571. The third kappa shape index (κ3) is 2.12. The standard InChI is InChI=1S/C15H14N2S/c16-11-12-3-5-13(6-4-12)14-7-8-15(18-14)17-9-1-2-10-17/h3-8H,1-2,9-10H2. The van der Waals surface area contributed by atoms with Gasteiger partial charge in [-0.05, 0) is 42.7 Å². The minimum absolute atomic E-state index is 0.718. The first-order chi connectivity index (χ1) is 8.86. The van der Waals surface area contributed by atoms with Crippen LogP contribution in [0.5, 0.6) is 0 Å². The van der Waals surface area contributed by atoms with Crippen LogP contribution in [-0.4, -0.2) is 13.1 Å². The summed E-state index contributed by atoms with van der Waals surface area (Å²) in [7, 11) is 0. The number of nitriles is 1. The summed E-state index contributed by atoms with van der Waals surface area (Å²) in [4.78, 5) is 3.74. The van der Waals surface area contributed by atoms with E-state index in [1.165, 1.54) is 41.4 Å². The molecule has 0 saturated carbocycles. The molecule has 0 unspecified atom stereocenters. The molecule has 0 N–H and O–H groups in total. The molecule has 0 aliphatic carbocycles. The van der Waals surface area contributed by atoms with Crippen LogP contribution >= 0.6 is 11.3 Å².